The van der Waals surface area contributed by atoms with Gasteiger partial charge in [0.05, 0.1) is 6.54 Å². The van der Waals surface area contributed by atoms with Crippen molar-refractivity contribution in [2.24, 2.45) is 0 Å². The van der Waals surface area contributed by atoms with E-state index in [1.54, 1.807) is 11.2 Å². The molecule has 114 valence electrons. The zero-order valence-corrected chi connectivity index (χ0v) is 13.2. The Morgan fingerprint density at radius 1 is 1.05 bits per heavy atom. The third-order valence-corrected chi connectivity index (χ3v) is 5.01. The standard InChI is InChI=1S/C14H21N5OS/c1-17-4-5-19(10-14(17)20)13-9-12(15-11-16-13)18-3-2-7-21-8-6-18/h9,11H,2-8,10H2,1H3. The summed E-state index contributed by atoms with van der Waals surface area (Å²) in [6.07, 6.45) is 2.81. The van der Waals surface area contributed by atoms with Crippen LogP contribution in [0.5, 0.6) is 0 Å². The summed E-state index contributed by atoms with van der Waals surface area (Å²) in [5, 5.41) is 0. The van der Waals surface area contributed by atoms with E-state index >= 15 is 0 Å². The maximum Gasteiger partial charge on any atom is 0.241 e. The lowest BCUT2D eigenvalue weighted by Crippen LogP contribution is -2.48. The lowest BCUT2D eigenvalue weighted by atomic mass is 10.3. The second kappa shape index (κ2) is 6.51. The van der Waals surface area contributed by atoms with Gasteiger partial charge in [0.2, 0.25) is 5.91 Å². The van der Waals surface area contributed by atoms with Crippen molar-refractivity contribution in [1.82, 2.24) is 14.9 Å². The van der Waals surface area contributed by atoms with Crippen LogP contribution >= 0.6 is 11.8 Å². The van der Waals surface area contributed by atoms with Crippen molar-refractivity contribution in [2.75, 3.05) is 61.1 Å². The molecule has 2 fully saturated rings. The summed E-state index contributed by atoms with van der Waals surface area (Å²) in [6, 6.07) is 2.02. The third-order valence-electron chi connectivity index (χ3n) is 3.97. The molecule has 21 heavy (non-hydrogen) atoms. The summed E-state index contributed by atoms with van der Waals surface area (Å²) in [6.45, 7) is 4.06. The van der Waals surface area contributed by atoms with E-state index in [-0.39, 0.29) is 5.91 Å². The minimum absolute atomic E-state index is 0.146. The molecule has 2 saturated heterocycles. The average molecular weight is 307 g/mol. The fraction of sp³-hybridized carbons (Fsp3) is 0.643. The summed E-state index contributed by atoms with van der Waals surface area (Å²) >= 11 is 2.00. The van der Waals surface area contributed by atoms with Crippen LogP contribution in [0.25, 0.3) is 0 Å². The molecular weight excluding hydrogens is 286 g/mol. The van der Waals surface area contributed by atoms with Gasteiger partial charge >= 0.3 is 0 Å². The Kier molecular flexibility index (Phi) is 4.48. The molecule has 1 aromatic rings. The van der Waals surface area contributed by atoms with Crippen molar-refractivity contribution in [1.29, 1.82) is 0 Å². The van der Waals surface area contributed by atoms with Gasteiger partial charge in [0.25, 0.3) is 0 Å². The second-order valence-corrected chi connectivity index (χ2v) is 6.65. The number of likely N-dealkylation sites (N-methyl/N-ethyl adjacent to an activating group) is 1. The van der Waals surface area contributed by atoms with Gasteiger partial charge in [-0.15, -0.1) is 0 Å². The molecule has 0 saturated carbocycles. The fourth-order valence-corrected chi connectivity index (χ4v) is 3.50. The fourth-order valence-electron chi connectivity index (χ4n) is 2.61. The van der Waals surface area contributed by atoms with E-state index in [4.69, 9.17) is 0 Å². The molecule has 6 nitrogen and oxygen atoms in total. The van der Waals surface area contributed by atoms with Gasteiger partial charge in [0.15, 0.2) is 0 Å². The zero-order chi connectivity index (χ0) is 14.7. The number of thioether (sulfide) groups is 1. The Hall–Kier alpha value is -1.50. The molecule has 0 N–H and O–H groups in total. The molecule has 3 rings (SSSR count). The van der Waals surface area contributed by atoms with Crippen LogP contribution in [-0.2, 0) is 4.79 Å². The lowest BCUT2D eigenvalue weighted by Gasteiger charge is -2.33. The highest BCUT2D eigenvalue weighted by atomic mass is 32.2. The third kappa shape index (κ3) is 3.40. The number of carbonyl (C=O) groups excluding carboxylic acids is 1. The Morgan fingerprint density at radius 2 is 1.86 bits per heavy atom. The van der Waals surface area contributed by atoms with Gasteiger partial charge in [-0.3, -0.25) is 4.79 Å². The zero-order valence-electron chi connectivity index (χ0n) is 12.4. The number of rotatable bonds is 2. The van der Waals surface area contributed by atoms with Crippen LogP contribution < -0.4 is 9.80 Å². The van der Waals surface area contributed by atoms with Gasteiger partial charge in [-0.2, -0.15) is 11.8 Å². The first kappa shape index (κ1) is 14.4. The first-order valence-corrected chi connectivity index (χ1v) is 8.53. The summed E-state index contributed by atoms with van der Waals surface area (Å²) in [5.41, 5.74) is 0. The predicted molar refractivity (Wildman–Crippen MR) is 86.0 cm³/mol. The van der Waals surface area contributed by atoms with E-state index < -0.39 is 0 Å². The van der Waals surface area contributed by atoms with Crippen molar-refractivity contribution in [3.8, 4) is 0 Å². The predicted octanol–water partition coefficient (Wildman–Crippen LogP) is 0.698. The second-order valence-electron chi connectivity index (χ2n) is 5.42. The highest BCUT2D eigenvalue weighted by molar-refractivity contribution is 7.99. The molecule has 0 unspecified atom stereocenters. The molecule has 0 aromatic carbocycles. The molecule has 0 bridgehead atoms. The van der Waals surface area contributed by atoms with E-state index in [2.05, 4.69) is 14.9 Å². The van der Waals surface area contributed by atoms with Crippen molar-refractivity contribution in [3.05, 3.63) is 12.4 Å². The molecule has 1 amide bonds. The Bertz CT molecular complexity index is 504. The van der Waals surface area contributed by atoms with Crippen LogP contribution in [0.4, 0.5) is 11.6 Å². The number of piperazine rings is 1. The first-order chi connectivity index (χ1) is 10.2. The van der Waals surface area contributed by atoms with E-state index in [1.165, 1.54) is 12.2 Å². The number of anilines is 2. The van der Waals surface area contributed by atoms with E-state index in [1.807, 2.05) is 29.8 Å². The smallest absolute Gasteiger partial charge is 0.241 e. The number of amides is 1. The van der Waals surface area contributed by atoms with Crippen LogP contribution in [0, 0.1) is 0 Å². The Labute approximate surface area is 129 Å². The highest BCUT2D eigenvalue weighted by Gasteiger charge is 2.22. The number of carbonyl (C=O) groups is 1. The molecule has 2 aliphatic heterocycles. The van der Waals surface area contributed by atoms with Crippen LogP contribution in [-0.4, -0.2) is 72.1 Å². The van der Waals surface area contributed by atoms with Gasteiger partial charge in [0.1, 0.15) is 18.0 Å². The number of nitrogens with zero attached hydrogens (tertiary/aromatic N) is 5. The minimum Gasteiger partial charge on any atom is -0.356 e. The van der Waals surface area contributed by atoms with Gasteiger partial charge in [-0.25, -0.2) is 9.97 Å². The molecule has 0 atom stereocenters. The molecule has 1 aromatic heterocycles. The Balaban J connectivity index is 1.75. The van der Waals surface area contributed by atoms with Crippen molar-refractivity contribution < 1.29 is 4.79 Å². The van der Waals surface area contributed by atoms with Crippen molar-refractivity contribution >= 4 is 29.3 Å². The largest absolute Gasteiger partial charge is 0.356 e. The van der Waals surface area contributed by atoms with E-state index in [0.717, 1.165) is 43.6 Å². The monoisotopic (exact) mass is 307 g/mol. The van der Waals surface area contributed by atoms with Crippen molar-refractivity contribution in [3.63, 3.8) is 0 Å². The normalized spacial score (nSPS) is 20.6. The van der Waals surface area contributed by atoms with Gasteiger partial charge in [-0.1, -0.05) is 0 Å². The highest BCUT2D eigenvalue weighted by Crippen LogP contribution is 2.21. The van der Waals surface area contributed by atoms with Crippen LogP contribution in [0.2, 0.25) is 0 Å². The molecule has 7 heteroatoms. The first-order valence-electron chi connectivity index (χ1n) is 7.38. The summed E-state index contributed by atoms with van der Waals surface area (Å²) in [7, 11) is 1.85. The quantitative estimate of drug-likeness (QED) is 0.802. The molecule has 2 aliphatic rings. The van der Waals surface area contributed by atoms with Gasteiger partial charge in [-0.05, 0) is 12.2 Å². The molecule has 0 radical (unpaired) electrons. The number of hydrogen-bond donors (Lipinski definition) is 0. The van der Waals surface area contributed by atoms with Crippen LogP contribution in [0.15, 0.2) is 12.4 Å². The van der Waals surface area contributed by atoms with Gasteiger partial charge in [0, 0.05) is 45.0 Å². The van der Waals surface area contributed by atoms with Crippen LogP contribution in [0.1, 0.15) is 6.42 Å². The molecule has 0 spiro atoms. The maximum absolute atomic E-state index is 11.8. The maximum atomic E-state index is 11.8. The van der Waals surface area contributed by atoms with Crippen LogP contribution in [0.3, 0.4) is 0 Å². The van der Waals surface area contributed by atoms with Crippen molar-refractivity contribution in [2.45, 2.75) is 6.42 Å². The SMILES string of the molecule is CN1CCN(c2cc(N3CCCSCC3)ncn2)CC1=O. The molecule has 0 aliphatic carbocycles. The Morgan fingerprint density at radius 3 is 2.67 bits per heavy atom. The topological polar surface area (TPSA) is 52.6 Å². The summed E-state index contributed by atoms with van der Waals surface area (Å²) < 4.78 is 0. The average Bonchev–Trinajstić information content (AvgIpc) is 2.79. The number of aromatic nitrogens is 2. The molecular formula is C14H21N5OS. The summed E-state index contributed by atoms with van der Waals surface area (Å²) in [4.78, 5) is 26.7. The molecule has 3 heterocycles. The van der Waals surface area contributed by atoms with Gasteiger partial charge < -0.3 is 14.7 Å². The summed E-state index contributed by atoms with van der Waals surface area (Å²) in [5.74, 6) is 4.35. The lowest BCUT2D eigenvalue weighted by molar-refractivity contribution is -0.129. The number of hydrogen-bond acceptors (Lipinski definition) is 6. The van der Waals surface area contributed by atoms with E-state index in [9.17, 15) is 4.79 Å². The minimum atomic E-state index is 0.146. The van der Waals surface area contributed by atoms with E-state index in [0.29, 0.717) is 6.54 Å².